The second-order valence-electron chi connectivity index (χ2n) is 1.66. The predicted molar refractivity (Wildman–Crippen MR) is 35.9 cm³/mol. The second-order valence-corrected chi connectivity index (χ2v) is 1.66. The summed E-state index contributed by atoms with van der Waals surface area (Å²) in [4.78, 5) is 0. The SMILES string of the molecule is CC=CCC(N)[CH]N. The van der Waals surface area contributed by atoms with Gasteiger partial charge in [-0.2, -0.15) is 0 Å². The Bertz CT molecular complexity index is 68.9. The van der Waals surface area contributed by atoms with Crippen LogP contribution in [0.15, 0.2) is 12.2 Å². The Balaban J connectivity index is 3.10. The highest BCUT2D eigenvalue weighted by Crippen LogP contribution is 1.88. The molecule has 0 fully saturated rings. The van der Waals surface area contributed by atoms with Gasteiger partial charge in [0.1, 0.15) is 0 Å². The molecule has 0 amide bonds. The largest absolute Gasteiger partial charge is 0.326 e. The van der Waals surface area contributed by atoms with E-state index in [-0.39, 0.29) is 6.04 Å². The normalized spacial score (nSPS) is 14.9. The van der Waals surface area contributed by atoms with Crippen molar-refractivity contribution in [3.05, 3.63) is 18.7 Å². The quantitative estimate of drug-likeness (QED) is 0.520. The first kappa shape index (κ1) is 7.66. The van der Waals surface area contributed by atoms with Gasteiger partial charge in [0, 0.05) is 12.6 Å². The van der Waals surface area contributed by atoms with Gasteiger partial charge in [0.05, 0.1) is 0 Å². The lowest BCUT2D eigenvalue weighted by Gasteiger charge is -2.00. The molecule has 0 spiro atoms. The molecule has 0 saturated carbocycles. The summed E-state index contributed by atoms with van der Waals surface area (Å²) in [5.41, 5.74) is 10.6. The van der Waals surface area contributed by atoms with Crippen LogP contribution < -0.4 is 11.5 Å². The third kappa shape index (κ3) is 3.84. The van der Waals surface area contributed by atoms with E-state index in [2.05, 4.69) is 0 Å². The zero-order chi connectivity index (χ0) is 6.41. The summed E-state index contributed by atoms with van der Waals surface area (Å²) in [5, 5.41) is 0. The molecule has 0 aliphatic heterocycles. The number of nitrogens with two attached hydrogens (primary N) is 2. The zero-order valence-corrected chi connectivity index (χ0v) is 5.17. The van der Waals surface area contributed by atoms with Crippen LogP contribution >= 0.6 is 0 Å². The number of hydrogen-bond acceptors (Lipinski definition) is 2. The third-order valence-corrected chi connectivity index (χ3v) is 0.891. The lowest BCUT2D eigenvalue weighted by Crippen LogP contribution is -2.23. The molecule has 1 atom stereocenters. The predicted octanol–water partition coefficient (Wildman–Crippen LogP) is 0.400. The Labute approximate surface area is 50.6 Å². The van der Waals surface area contributed by atoms with Gasteiger partial charge in [0.2, 0.25) is 0 Å². The standard InChI is InChI=1S/C6H13N2/c1-2-3-4-6(8)5-7/h2-3,5-6H,4,7-8H2,1H3. The Morgan fingerprint density at radius 2 is 2.25 bits per heavy atom. The minimum atomic E-state index is 0.0196. The summed E-state index contributed by atoms with van der Waals surface area (Å²) < 4.78 is 0. The first-order chi connectivity index (χ1) is 3.81. The van der Waals surface area contributed by atoms with E-state index in [0.29, 0.717) is 0 Å². The van der Waals surface area contributed by atoms with Crippen molar-refractivity contribution >= 4 is 0 Å². The van der Waals surface area contributed by atoms with Gasteiger partial charge in [0.25, 0.3) is 0 Å². The molecule has 0 bridgehead atoms. The molecule has 0 rings (SSSR count). The number of rotatable bonds is 3. The zero-order valence-electron chi connectivity index (χ0n) is 5.17. The van der Waals surface area contributed by atoms with Crippen LogP contribution in [0.25, 0.3) is 0 Å². The van der Waals surface area contributed by atoms with Crippen molar-refractivity contribution < 1.29 is 0 Å². The van der Waals surface area contributed by atoms with Gasteiger partial charge in [-0.05, 0) is 13.3 Å². The molecule has 4 N–H and O–H groups in total. The van der Waals surface area contributed by atoms with E-state index in [9.17, 15) is 0 Å². The topological polar surface area (TPSA) is 52.0 Å². The Hall–Kier alpha value is -0.340. The van der Waals surface area contributed by atoms with Crippen LogP contribution in [-0.4, -0.2) is 6.04 Å². The van der Waals surface area contributed by atoms with E-state index in [1.165, 1.54) is 6.54 Å². The van der Waals surface area contributed by atoms with Crippen molar-refractivity contribution in [3.8, 4) is 0 Å². The van der Waals surface area contributed by atoms with Gasteiger partial charge >= 0.3 is 0 Å². The van der Waals surface area contributed by atoms with Crippen molar-refractivity contribution in [1.82, 2.24) is 0 Å². The van der Waals surface area contributed by atoms with E-state index in [1.807, 2.05) is 19.1 Å². The molecule has 2 heteroatoms. The molecule has 0 heterocycles. The number of allylic oxidation sites excluding steroid dienone is 1. The van der Waals surface area contributed by atoms with E-state index in [1.54, 1.807) is 0 Å². The van der Waals surface area contributed by atoms with Gasteiger partial charge in [-0.3, -0.25) is 0 Å². The number of hydrogen-bond donors (Lipinski definition) is 2. The van der Waals surface area contributed by atoms with E-state index in [0.717, 1.165) is 6.42 Å². The first-order valence-electron chi connectivity index (χ1n) is 2.73. The molecule has 2 nitrogen and oxygen atoms in total. The van der Waals surface area contributed by atoms with Crippen molar-refractivity contribution in [2.45, 2.75) is 19.4 Å². The van der Waals surface area contributed by atoms with E-state index in [4.69, 9.17) is 11.5 Å². The highest BCUT2D eigenvalue weighted by Gasteiger charge is 1.92. The smallest absolute Gasteiger partial charge is 0.0364 e. The van der Waals surface area contributed by atoms with Crippen LogP contribution in [0.1, 0.15) is 13.3 Å². The molecule has 1 unspecified atom stereocenters. The van der Waals surface area contributed by atoms with Crippen molar-refractivity contribution in [2.24, 2.45) is 11.5 Å². The minimum absolute atomic E-state index is 0.0196. The van der Waals surface area contributed by atoms with Gasteiger partial charge in [-0.15, -0.1) is 0 Å². The molecule has 47 valence electrons. The fourth-order valence-corrected chi connectivity index (χ4v) is 0.372. The van der Waals surface area contributed by atoms with E-state index >= 15 is 0 Å². The minimum Gasteiger partial charge on any atom is -0.326 e. The maximum absolute atomic E-state index is 5.43. The first-order valence-corrected chi connectivity index (χ1v) is 2.73. The molecule has 8 heavy (non-hydrogen) atoms. The monoisotopic (exact) mass is 113 g/mol. The lowest BCUT2D eigenvalue weighted by molar-refractivity contribution is 0.766. The van der Waals surface area contributed by atoms with Gasteiger partial charge in [-0.1, -0.05) is 12.2 Å². The summed E-state index contributed by atoms with van der Waals surface area (Å²) in [5.74, 6) is 0. The van der Waals surface area contributed by atoms with Crippen LogP contribution in [0.3, 0.4) is 0 Å². The molecule has 0 saturated heterocycles. The van der Waals surface area contributed by atoms with Crippen LogP contribution in [0.4, 0.5) is 0 Å². The Morgan fingerprint density at radius 3 is 2.62 bits per heavy atom. The second kappa shape index (κ2) is 4.81. The fourth-order valence-electron chi connectivity index (χ4n) is 0.372. The summed E-state index contributed by atoms with van der Waals surface area (Å²) in [7, 11) is 0. The lowest BCUT2D eigenvalue weighted by atomic mass is 10.2. The van der Waals surface area contributed by atoms with Crippen LogP contribution in [0, 0.1) is 6.54 Å². The van der Waals surface area contributed by atoms with Crippen LogP contribution in [-0.2, 0) is 0 Å². The van der Waals surface area contributed by atoms with Crippen LogP contribution in [0.5, 0.6) is 0 Å². The highest BCUT2D eigenvalue weighted by molar-refractivity contribution is 4.86. The van der Waals surface area contributed by atoms with Gasteiger partial charge < -0.3 is 11.5 Å². The molecular formula is C6H13N2. The fraction of sp³-hybridized carbons (Fsp3) is 0.500. The average molecular weight is 113 g/mol. The highest BCUT2D eigenvalue weighted by atomic mass is 14.7. The van der Waals surface area contributed by atoms with Crippen LogP contribution in [0.2, 0.25) is 0 Å². The third-order valence-electron chi connectivity index (χ3n) is 0.891. The molecule has 0 aromatic carbocycles. The van der Waals surface area contributed by atoms with Crippen molar-refractivity contribution in [1.29, 1.82) is 0 Å². The summed E-state index contributed by atoms with van der Waals surface area (Å²) >= 11 is 0. The summed E-state index contributed by atoms with van der Waals surface area (Å²) in [6, 6.07) is 0.0196. The van der Waals surface area contributed by atoms with Crippen molar-refractivity contribution in [3.63, 3.8) is 0 Å². The molecule has 0 aromatic rings. The van der Waals surface area contributed by atoms with Gasteiger partial charge in [-0.25, -0.2) is 0 Å². The summed E-state index contributed by atoms with van der Waals surface area (Å²) in [6.45, 7) is 3.46. The molecule has 0 aliphatic carbocycles. The summed E-state index contributed by atoms with van der Waals surface area (Å²) in [6.07, 6.45) is 4.80. The average Bonchev–Trinajstić information content (AvgIpc) is 1.83. The van der Waals surface area contributed by atoms with Gasteiger partial charge in [0.15, 0.2) is 0 Å². The molecule has 0 aromatic heterocycles. The van der Waals surface area contributed by atoms with Crippen molar-refractivity contribution in [2.75, 3.05) is 0 Å². The molecule has 0 aliphatic rings. The Kier molecular flexibility index (Phi) is 4.61. The van der Waals surface area contributed by atoms with E-state index < -0.39 is 0 Å². The molecule has 1 radical (unpaired) electrons. The maximum atomic E-state index is 5.43. The maximum Gasteiger partial charge on any atom is 0.0364 e. The Morgan fingerprint density at radius 1 is 1.62 bits per heavy atom. The molecular weight excluding hydrogens is 100 g/mol.